The Bertz CT molecular complexity index is 1550. The minimum absolute atomic E-state index is 0.0157. The number of carbonyl (C=O) groups excluding carboxylic acids is 1. The van der Waals surface area contributed by atoms with Gasteiger partial charge in [0.1, 0.15) is 12.3 Å². The molecule has 4 aromatic rings. The van der Waals surface area contributed by atoms with Gasteiger partial charge in [-0.05, 0) is 55.5 Å². The molecule has 35 heavy (non-hydrogen) atoms. The summed E-state index contributed by atoms with van der Waals surface area (Å²) >= 11 is 7.24. The summed E-state index contributed by atoms with van der Waals surface area (Å²) in [5.74, 6) is -0.332. The van der Waals surface area contributed by atoms with Gasteiger partial charge in [0.05, 0.1) is 27.9 Å². The number of hydrogen-bond donors (Lipinski definition) is 1. The number of aromatic nitrogens is 1. The van der Waals surface area contributed by atoms with E-state index in [1.165, 1.54) is 31.4 Å². The highest BCUT2D eigenvalue weighted by Gasteiger charge is 2.29. The normalized spacial score (nSPS) is 11.4. The molecule has 1 N–H and O–H groups in total. The van der Waals surface area contributed by atoms with Crippen molar-refractivity contribution in [3.63, 3.8) is 0 Å². The zero-order valence-corrected chi connectivity index (χ0v) is 21.3. The van der Waals surface area contributed by atoms with Crippen molar-refractivity contribution in [1.29, 1.82) is 0 Å². The topological polar surface area (TPSA) is 97.7 Å². The number of nitrogens with one attached hydrogen (secondary N) is 1. The molecule has 1 amide bonds. The monoisotopic (exact) mass is 531 g/mol. The van der Waals surface area contributed by atoms with Gasteiger partial charge >= 0.3 is 4.87 Å². The maximum atomic E-state index is 13.6. The lowest BCUT2D eigenvalue weighted by Crippen LogP contribution is -2.38. The smallest absolute Gasteiger partial charge is 0.308 e. The Morgan fingerprint density at radius 1 is 1.11 bits per heavy atom. The number of hydrogen-bond acceptors (Lipinski definition) is 6. The second-order valence-electron chi connectivity index (χ2n) is 7.48. The Hall–Kier alpha value is -3.34. The third-order valence-corrected chi connectivity index (χ3v) is 8.25. The minimum atomic E-state index is -4.14. The van der Waals surface area contributed by atoms with Crippen LogP contribution in [0.5, 0.6) is 5.75 Å². The molecule has 182 valence electrons. The van der Waals surface area contributed by atoms with E-state index in [-0.39, 0.29) is 26.2 Å². The molecule has 1 aromatic heterocycles. The maximum absolute atomic E-state index is 13.6. The fraction of sp³-hybridized carbons (Fsp3) is 0.167. The fourth-order valence-corrected chi connectivity index (χ4v) is 6.26. The van der Waals surface area contributed by atoms with Gasteiger partial charge in [-0.1, -0.05) is 41.1 Å². The Morgan fingerprint density at radius 2 is 1.86 bits per heavy atom. The summed E-state index contributed by atoms with van der Waals surface area (Å²) in [6, 6.07) is 17.5. The summed E-state index contributed by atoms with van der Waals surface area (Å²) in [5, 5.41) is 3.02. The first kappa shape index (κ1) is 24.8. The summed E-state index contributed by atoms with van der Waals surface area (Å²) in [5.41, 5.74) is 1.35. The fourth-order valence-electron chi connectivity index (χ4n) is 3.65. The van der Waals surface area contributed by atoms with E-state index >= 15 is 0 Å². The van der Waals surface area contributed by atoms with E-state index in [0.29, 0.717) is 12.2 Å². The van der Waals surface area contributed by atoms with Crippen LogP contribution in [0.1, 0.15) is 6.92 Å². The largest absolute Gasteiger partial charge is 0.495 e. The summed E-state index contributed by atoms with van der Waals surface area (Å²) in [4.78, 5) is 25.1. The maximum Gasteiger partial charge on any atom is 0.308 e. The van der Waals surface area contributed by atoms with Gasteiger partial charge in [-0.25, -0.2) is 8.42 Å². The van der Waals surface area contributed by atoms with Gasteiger partial charge in [0, 0.05) is 17.3 Å². The second kappa shape index (κ2) is 10.1. The predicted molar refractivity (Wildman–Crippen MR) is 139 cm³/mol. The number of nitrogens with zero attached hydrogens (tertiary/aromatic N) is 2. The quantitative estimate of drug-likeness (QED) is 0.359. The zero-order valence-electron chi connectivity index (χ0n) is 18.9. The molecule has 0 aliphatic carbocycles. The second-order valence-corrected chi connectivity index (χ2v) is 10.8. The van der Waals surface area contributed by atoms with Gasteiger partial charge in [-0.15, -0.1) is 0 Å². The molecule has 0 atom stereocenters. The molecular formula is C24H22ClN3O5S2. The number of benzene rings is 3. The third kappa shape index (κ3) is 5.04. The average Bonchev–Trinajstić information content (AvgIpc) is 3.17. The number of thiazole rings is 1. The van der Waals surface area contributed by atoms with Crippen molar-refractivity contribution in [2.24, 2.45) is 0 Å². The number of fused-ring (bicyclic) bond motifs is 1. The van der Waals surface area contributed by atoms with Gasteiger partial charge < -0.3 is 10.1 Å². The van der Waals surface area contributed by atoms with E-state index in [1.807, 2.05) is 6.92 Å². The number of rotatable bonds is 8. The summed E-state index contributed by atoms with van der Waals surface area (Å²) in [7, 11) is -2.73. The average molecular weight is 532 g/mol. The van der Waals surface area contributed by atoms with Crippen molar-refractivity contribution < 1.29 is 17.9 Å². The van der Waals surface area contributed by atoms with Crippen LogP contribution in [0.15, 0.2) is 76.4 Å². The van der Waals surface area contributed by atoms with Crippen molar-refractivity contribution in [2.45, 2.75) is 18.4 Å². The van der Waals surface area contributed by atoms with Crippen LogP contribution in [-0.4, -0.2) is 32.5 Å². The first-order valence-electron chi connectivity index (χ1n) is 10.6. The van der Waals surface area contributed by atoms with Crippen molar-refractivity contribution in [3.8, 4) is 5.75 Å². The number of carbonyl (C=O) groups is 1. The highest BCUT2D eigenvalue weighted by molar-refractivity contribution is 7.92. The Morgan fingerprint density at radius 3 is 2.54 bits per heavy atom. The Kier molecular flexibility index (Phi) is 7.15. The Labute approximate surface area is 211 Å². The van der Waals surface area contributed by atoms with Gasteiger partial charge in [-0.3, -0.25) is 18.5 Å². The molecule has 1 heterocycles. The number of sulfonamides is 1. The van der Waals surface area contributed by atoms with Crippen LogP contribution in [0, 0.1) is 0 Å². The standard InChI is InChI=1S/C24H22ClN3O5S2/c1-3-27-19-11-10-17(14-22(19)34-24(27)30)26-23(29)15-28(20-13-16(25)9-12-21(20)33-2)35(31,32)18-7-5-4-6-8-18/h4-14H,3,15H2,1-2H3,(H,26,29). The van der Waals surface area contributed by atoms with E-state index in [0.717, 1.165) is 25.9 Å². The van der Waals surface area contributed by atoms with Gasteiger partial charge in [0.25, 0.3) is 10.0 Å². The van der Waals surface area contributed by atoms with Crippen LogP contribution in [0.4, 0.5) is 11.4 Å². The third-order valence-electron chi connectivity index (χ3n) is 5.30. The van der Waals surface area contributed by atoms with E-state index in [2.05, 4.69) is 5.32 Å². The molecule has 0 bridgehead atoms. The lowest BCUT2D eigenvalue weighted by atomic mass is 10.2. The number of methoxy groups -OCH3 is 1. The number of anilines is 2. The lowest BCUT2D eigenvalue weighted by Gasteiger charge is -2.26. The summed E-state index contributed by atoms with van der Waals surface area (Å²) in [6.07, 6.45) is 0. The molecule has 0 spiro atoms. The summed E-state index contributed by atoms with van der Waals surface area (Å²) in [6.45, 7) is 1.89. The molecule has 4 rings (SSSR count). The van der Waals surface area contributed by atoms with Crippen molar-refractivity contribution in [3.05, 3.63) is 81.4 Å². The van der Waals surface area contributed by atoms with Crippen molar-refractivity contribution in [1.82, 2.24) is 4.57 Å². The molecule has 0 unspecified atom stereocenters. The number of amides is 1. The van der Waals surface area contributed by atoms with E-state index in [1.54, 1.807) is 47.0 Å². The molecule has 0 saturated carbocycles. The molecule has 0 radical (unpaired) electrons. The number of halogens is 1. The molecule has 11 heteroatoms. The molecule has 3 aromatic carbocycles. The Balaban J connectivity index is 1.70. The van der Waals surface area contributed by atoms with Crippen molar-refractivity contribution in [2.75, 3.05) is 23.3 Å². The van der Waals surface area contributed by atoms with E-state index < -0.39 is 22.5 Å². The SMILES string of the molecule is CCn1c(=O)sc2cc(NC(=O)CN(c3cc(Cl)ccc3OC)S(=O)(=O)c3ccccc3)ccc21. The first-order valence-corrected chi connectivity index (χ1v) is 13.2. The predicted octanol–water partition coefficient (Wildman–Crippen LogP) is 4.58. The van der Waals surface area contributed by atoms with Gasteiger partial charge in [0.15, 0.2) is 0 Å². The van der Waals surface area contributed by atoms with E-state index in [9.17, 15) is 18.0 Å². The van der Waals surface area contributed by atoms with Crippen LogP contribution >= 0.6 is 22.9 Å². The van der Waals surface area contributed by atoms with Crippen molar-refractivity contribution >= 4 is 60.5 Å². The number of ether oxygens (including phenoxy) is 1. The van der Waals surface area contributed by atoms with Crippen LogP contribution in [0.25, 0.3) is 10.2 Å². The van der Waals surface area contributed by atoms with Crippen LogP contribution < -0.4 is 19.2 Å². The molecule has 8 nitrogen and oxygen atoms in total. The molecule has 0 saturated heterocycles. The van der Waals surface area contributed by atoms with Gasteiger partial charge in [0.2, 0.25) is 5.91 Å². The summed E-state index contributed by atoms with van der Waals surface area (Å²) < 4.78 is 35.8. The molecule has 0 aliphatic rings. The van der Waals surface area contributed by atoms with Gasteiger partial charge in [-0.2, -0.15) is 0 Å². The molecule has 0 fully saturated rings. The van der Waals surface area contributed by atoms with E-state index in [4.69, 9.17) is 16.3 Å². The highest BCUT2D eigenvalue weighted by atomic mass is 35.5. The number of aryl methyl sites for hydroxylation is 1. The lowest BCUT2D eigenvalue weighted by molar-refractivity contribution is -0.114. The highest BCUT2D eigenvalue weighted by Crippen LogP contribution is 2.35. The minimum Gasteiger partial charge on any atom is -0.495 e. The first-order chi connectivity index (χ1) is 16.7. The molecular weight excluding hydrogens is 510 g/mol. The van der Waals surface area contributed by atoms with Crippen LogP contribution in [-0.2, 0) is 21.4 Å². The van der Waals surface area contributed by atoms with Crippen LogP contribution in [0.3, 0.4) is 0 Å². The zero-order chi connectivity index (χ0) is 25.2. The molecule has 0 aliphatic heterocycles. The van der Waals surface area contributed by atoms with Crippen LogP contribution in [0.2, 0.25) is 5.02 Å².